The second-order valence-corrected chi connectivity index (χ2v) is 13.8. The van der Waals surface area contributed by atoms with Gasteiger partial charge in [0, 0.05) is 89.9 Å². The quantitative estimate of drug-likeness (QED) is 0.0280. The van der Waals surface area contributed by atoms with Crippen LogP contribution < -0.4 is 21.3 Å². The van der Waals surface area contributed by atoms with Gasteiger partial charge in [0.2, 0.25) is 29.5 Å². The van der Waals surface area contributed by atoms with Crippen LogP contribution >= 0.6 is 12.2 Å². The van der Waals surface area contributed by atoms with Gasteiger partial charge in [-0.3, -0.25) is 44.4 Å². The van der Waals surface area contributed by atoms with Crippen molar-refractivity contribution in [1.82, 2.24) is 31.1 Å². The van der Waals surface area contributed by atoms with Crippen molar-refractivity contribution in [2.24, 2.45) is 5.92 Å². The van der Waals surface area contributed by atoms with Crippen LogP contribution in [0.2, 0.25) is 0 Å². The zero-order valence-corrected chi connectivity index (χ0v) is 32.9. The van der Waals surface area contributed by atoms with Gasteiger partial charge in [0.25, 0.3) is 0 Å². The van der Waals surface area contributed by atoms with Crippen molar-refractivity contribution in [3.63, 3.8) is 0 Å². The predicted molar refractivity (Wildman–Crippen MR) is 206 cm³/mol. The van der Waals surface area contributed by atoms with Gasteiger partial charge < -0.3 is 21.3 Å². The van der Waals surface area contributed by atoms with E-state index in [1.165, 1.54) is 6.92 Å². The van der Waals surface area contributed by atoms with Gasteiger partial charge in [0.1, 0.15) is 5.78 Å². The van der Waals surface area contributed by atoms with Gasteiger partial charge in [-0.1, -0.05) is 26.0 Å². The van der Waals surface area contributed by atoms with Gasteiger partial charge in [0.05, 0.1) is 0 Å². The van der Waals surface area contributed by atoms with Gasteiger partial charge in [-0.15, -0.1) is 0 Å². The average molecular weight is 780 g/mol. The lowest BCUT2D eigenvalue weighted by molar-refractivity contribution is -0.166. The molecule has 0 radical (unpaired) electrons. The van der Waals surface area contributed by atoms with Crippen LogP contribution in [0.1, 0.15) is 110 Å². The summed E-state index contributed by atoms with van der Waals surface area (Å²) in [5.41, 5.74) is 1.77. The van der Waals surface area contributed by atoms with Crippen molar-refractivity contribution in [1.29, 1.82) is 0 Å². The van der Waals surface area contributed by atoms with Gasteiger partial charge in [0.15, 0.2) is 5.11 Å². The SMILES string of the molecule is CC(=O)N(O)CCCCCNC(=O)CCC(=O)N(O)CCCCCNC(=O)CCC(=O)N(O)CCCCCNC(=S)Nc1ccc(CC(=O)C(C)C)cc1. The number of Topliss-reactive ketones (excluding diaryl/α,β-unsaturated/α-hetero) is 1. The molecule has 1 rings (SSSR count). The Hall–Kier alpha value is -4.19. The average Bonchev–Trinajstić information content (AvgIpc) is 3.13. The fourth-order valence-electron chi connectivity index (χ4n) is 4.92. The van der Waals surface area contributed by atoms with Crippen LogP contribution in [0, 0.1) is 5.92 Å². The van der Waals surface area contributed by atoms with Crippen molar-refractivity contribution >= 4 is 58.3 Å². The second-order valence-electron chi connectivity index (χ2n) is 13.4. The lowest BCUT2D eigenvalue weighted by atomic mass is 10.0. The largest absolute Gasteiger partial charge is 0.362 e. The number of amides is 5. The minimum absolute atomic E-state index is 0.00207. The number of benzene rings is 1. The van der Waals surface area contributed by atoms with Gasteiger partial charge in [-0.05, 0) is 87.7 Å². The summed E-state index contributed by atoms with van der Waals surface area (Å²) in [5, 5.41) is 43.3. The van der Waals surface area contributed by atoms with Crippen LogP contribution in [0.15, 0.2) is 24.3 Å². The first-order valence-electron chi connectivity index (χ1n) is 18.8. The first-order chi connectivity index (χ1) is 25.7. The number of anilines is 1. The van der Waals surface area contributed by atoms with Crippen LogP contribution in [0.3, 0.4) is 0 Å². The third kappa shape index (κ3) is 23.5. The third-order valence-electron chi connectivity index (χ3n) is 8.38. The monoisotopic (exact) mass is 779 g/mol. The number of hydrogen-bond acceptors (Lipinski definition) is 10. The van der Waals surface area contributed by atoms with Crippen molar-refractivity contribution in [3.8, 4) is 0 Å². The van der Waals surface area contributed by atoms with E-state index in [1.54, 1.807) is 0 Å². The van der Waals surface area contributed by atoms with E-state index in [-0.39, 0.29) is 68.8 Å². The Kier molecular flexibility index (Phi) is 25.0. The number of ketones is 1. The standard InChI is InChI=1S/C37H61N7O9S/c1-28(2)32(46)27-30-13-15-31(16-14-30)41-37(54)40-23-9-6-12-26-44(53)36(50)20-18-34(48)39-22-8-5-11-25-43(52)35(49)19-17-33(47)38-21-7-4-10-24-42(51)29(3)45/h13-16,28,51-53H,4-12,17-27H2,1-3H3,(H,38,47)(H,39,48)(H2,40,41,54). The third-order valence-corrected chi connectivity index (χ3v) is 8.62. The van der Waals surface area contributed by atoms with Crippen LogP contribution in [0.25, 0.3) is 0 Å². The summed E-state index contributed by atoms with van der Waals surface area (Å²) in [7, 11) is 0. The molecule has 0 heterocycles. The molecule has 0 aliphatic heterocycles. The highest BCUT2D eigenvalue weighted by Gasteiger charge is 2.15. The summed E-state index contributed by atoms with van der Waals surface area (Å²) < 4.78 is 0. The summed E-state index contributed by atoms with van der Waals surface area (Å²) >= 11 is 5.33. The van der Waals surface area contributed by atoms with E-state index in [4.69, 9.17) is 12.2 Å². The van der Waals surface area contributed by atoms with Gasteiger partial charge in [-0.25, -0.2) is 15.2 Å². The van der Waals surface area contributed by atoms with E-state index in [0.717, 1.165) is 24.1 Å². The number of carbonyl (C=O) groups excluding carboxylic acids is 6. The van der Waals surface area contributed by atoms with Gasteiger partial charge >= 0.3 is 0 Å². The minimum atomic E-state index is -0.560. The molecule has 0 fully saturated rings. The Morgan fingerprint density at radius 2 is 1.04 bits per heavy atom. The summed E-state index contributed by atoms with van der Waals surface area (Å²) in [6.45, 7) is 6.91. The van der Waals surface area contributed by atoms with E-state index < -0.39 is 17.7 Å². The van der Waals surface area contributed by atoms with Crippen molar-refractivity contribution < 1.29 is 44.4 Å². The van der Waals surface area contributed by atoms with Crippen molar-refractivity contribution in [2.75, 3.05) is 44.6 Å². The van der Waals surface area contributed by atoms with Crippen molar-refractivity contribution in [2.45, 2.75) is 111 Å². The number of rotatable bonds is 28. The molecule has 0 aromatic heterocycles. The fourth-order valence-corrected chi connectivity index (χ4v) is 5.14. The number of nitrogens with one attached hydrogen (secondary N) is 4. The Morgan fingerprint density at radius 1 is 0.611 bits per heavy atom. The van der Waals surface area contributed by atoms with Crippen LogP contribution in [0.5, 0.6) is 0 Å². The Bertz CT molecular complexity index is 1330. The van der Waals surface area contributed by atoms with E-state index in [2.05, 4.69) is 21.3 Å². The molecule has 0 aliphatic carbocycles. The number of hydrogen-bond donors (Lipinski definition) is 7. The zero-order chi connectivity index (χ0) is 40.3. The maximum Gasteiger partial charge on any atom is 0.246 e. The number of carbonyl (C=O) groups is 6. The van der Waals surface area contributed by atoms with E-state index >= 15 is 0 Å². The molecule has 5 amide bonds. The molecule has 7 N–H and O–H groups in total. The molecule has 0 saturated heterocycles. The highest BCUT2D eigenvalue weighted by atomic mass is 32.1. The summed E-state index contributed by atoms with van der Waals surface area (Å²) in [6, 6.07) is 7.56. The summed E-state index contributed by atoms with van der Waals surface area (Å²) in [5.74, 6) is -1.94. The minimum Gasteiger partial charge on any atom is -0.362 e. The molecule has 304 valence electrons. The Labute approximate surface area is 324 Å². The number of nitrogens with zero attached hydrogens (tertiary/aromatic N) is 3. The lowest BCUT2D eigenvalue weighted by Crippen LogP contribution is -2.31. The molecule has 0 unspecified atom stereocenters. The molecular formula is C37H61N7O9S. The number of thiocarbonyl (C=S) groups is 1. The van der Waals surface area contributed by atoms with Gasteiger partial charge in [-0.2, -0.15) is 0 Å². The van der Waals surface area contributed by atoms with Crippen molar-refractivity contribution in [3.05, 3.63) is 29.8 Å². The highest BCUT2D eigenvalue weighted by molar-refractivity contribution is 7.80. The lowest BCUT2D eigenvalue weighted by Gasteiger charge is -2.15. The zero-order valence-electron chi connectivity index (χ0n) is 32.1. The molecule has 0 atom stereocenters. The molecule has 17 heteroatoms. The molecule has 1 aromatic carbocycles. The second kappa shape index (κ2) is 28.3. The molecule has 16 nitrogen and oxygen atoms in total. The molecule has 0 saturated carbocycles. The van der Waals surface area contributed by atoms with E-state index in [0.29, 0.717) is 91.3 Å². The number of hydroxylamine groups is 6. The van der Waals surface area contributed by atoms with Crippen LogP contribution in [-0.4, -0.2) is 111 Å². The molecule has 54 heavy (non-hydrogen) atoms. The molecule has 0 aliphatic rings. The normalized spacial score (nSPS) is 10.7. The molecule has 1 aromatic rings. The molecule has 0 spiro atoms. The molecule has 0 bridgehead atoms. The van der Waals surface area contributed by atoms with Crippen LogP contribution in [-0.2, 0) is 35.2 Å². The van der Waals surface area contributed by atoms with E-state index in [9.17, 15) is 44.4 Å². The first-order valence-corrected chi connectivity index (χ1v) is 19.3. The number of unbranched alkanes of at least 4 members (excludes halogenated alkanes) is 6. The summed E-state index contributed by atoms with van der Waals surface area (Å²) in [4.78, 5) is 71.2. The maximum absolute atomic E-state index is 12.2. The smallest absolute Gasteiger partial charge is 0.246 e. The Morgan fingerprint density at radius 3 is 1.46 bits per heavy atom. The Balaban J connectivity index is 2.03. The predicted octanol–water partition coefficient (Wildman–Crippen LogP) is 3.72. The fraction of sp³-hybridized carbons (Fsp3) is 0.649. The topological polar surface area (TPSA) is 221 Å². The van der Waals surface area contributed by atoms with E-state index in [1.807, 2.05) is 38.1 Å². The summed E-state index contributed by atoms with van der Waals surface area (Å²) in [6.07, 6.45) is 5.84. The highest BCUT2D eigenvalue weighted by Crippen LogP contribution is 2.12. The molecular weight excluding hydrogens is 719 g/mol. The van der Waals surface area contributed by atoms with Crippen LogP contribution in [0.4, 0.5) is 5.69 Å². The maximum atomic E-state index is 12.2. The first kappa shape index (κ1) is 47.8.